The molecule has 1 fully saturated rings. The first kappa shape index (κ1) is 17.8. The molecule has 1 saturated heterocycles. The molecule has 150 valence electrons. The quantitative estimate of drug-likeness (QED) is 0.698. The van der Waals surface area contributed by atoms with Crippen molar-refractivity contribution in [3.05, 3.63) is 48.7 Å². The predicted molar refractivity (Wildman–Crippen MR) is 104 cm³/mol. The van der Waals surface area contributed by atoms with Crippen molar-refractivity contribution in [3.63, 3.8) is 0 Å². The lowest BCUT2D eigenvalue weighted by Crippen LogP contribution is -2.44. The number of aromatic amines is 1. The Morgan fingerprint density at radius 1 is 1.28 bits per heavy atom. The highest BCUT2D eigenvalue weighted by molar-refractivity contribution is 5.77. The average Bonchev–Trinajstić information content (AvgIpc) is 3.28. The number of nitrogens with one attached hydrogen (secondary N) is 2. The number of rotatable bonds is 4. The molecule has 29 heavy (non-hydrogen) atoms. The zero-order chi connectivity index (χ0) is 20.2. The molecule has 0 aliphatic carbocycles. The second-order valence-electron chi connectivity index (χ2n) is 7.24. The number of alkyl halides is 3. The van der Waals surface area contributed by atoms with Gasteiger partial charge in [-0.05, 0) is 24.6 Å². The van der Waals surface area contributed by atoms with Crippen LogP contribution in [0.25, 0.3) is 11.0 Å². The van der Waals surface area contributed by atoms with Crippen LogP contribution in [0.1, 0.15) is 12.1 Å². The van der Waals surface area contributed by atoms with Crippen molar-refractivity contribution in [2.24, 2.45) is 0 Å². The number of pyridine rings is 1. The van der Waals surface area contributed by atoms with Crippen LogP contribution in [0.3, 0.4) is 0 Å². The predicted octanol–water partition coefficient (Wildman–Crippen LogP) is 3.44. The van der Waals surface area contributed by atoms with E-state index < -0.39 is 12.6 Å². The fourth-order valence-electron chi connectivity index (χ4n) is 3.99. The van der Waals surface area contributed by atoms with Gasteiger partial charge in [0, 0.05) is 30.9 Å². The minimum absolute atomic E-state index is 0.0133. The summed E-state index contributed by atoms with van der Waals surface area (Å²) < 4.78 is 38.6. The Bertz CT molecular complexity index is 1090. The van der Waals surface area contributed by atoms with Crippen LogP contribution in [-0.4, -0.2) is 45.2 Å². The monoisotopic (exact) mass is 401 g/mol. The molecule has 1 atom stereocenters. The Morgan fingerprint density at radius 3 is 2.97 bits per heavy atom. The normalized spacial score (nSPS) is 18.2. The van der Waals surface area contributed by atoms with E-state index in [1.807, 2.05) is 11.0 Å². The number of anilines is 3. The van der Waals surface area contributed by atoms with E-state index in [0.29, 0.717) is 23.2 Å². The summed E-state index contributed by atoms with van der Waals surface area (Å²) in [5.41, 5.74) is 1.49. The minimum atomic E-state index is -4.31. The fourth-order valence-corrected chi connectivity index (χ4v) is 3.99. The number of hydrogen-bond acceptors (Lipinski definition) is 6. The van der Waals surface area contributed by atoms with E-state index in [0.717, 1.165) is 30.6 Å². The van der Waals surface area contributed by atoms with Crippen LogP contribution in [0.15, 0.2) is 43.0 Å². The van der Waals surface area contributed by atoms with E-state index in [1.165, 1.54) is 6.07 Å². The molecule has 0 aromatic carbocycles. The van der Waals surface area contributed by atoms with Crippen molar-refractivity contribution in [1.29, 1.82) is 0 Å². The van der Waals surface area contributed by atoms with Gasteiger partial charge in [0.2, 0.25) is 5.95 Å². The van der Waals surface area contributed by atoms with Gasteiger partial charge in [-0.3, -0.25) is 0 Å². The second kappa shape index (κ2) is 6.36. The first-order chi connectivity index (χ1) is 13.9. The van der Waals surface area contributed by atoms with Gasteiger partial charge in [0.15, 0.2) is 5.82 Å². The third kappa shape index (κ3) is 3.24. The summed E-state index contributed by atoms with van der Waals surface area (Å²) in [7, 11) is 0. The summed E-state index contributed by atoms with van der Waals surface area (Å²) in [6, 6.07) is 5.10. The summed E-state index contributed by atoms with van der Waals surface area (Å²) in [5.74, 6) is 1.33. The summed E-state index contributed by atoms with van der Waals surface area (Å²) in [4.78, 5) is 20.1. The van der Waals surface area contributed by atoms with Gasteiger partial charge in [-0.2, -0.15) is 18.2 Å². The lowest BCUT2D eigenvalue weighted by Gasteiger charge is -2.38. The number of nitrogens with zero attached hydrogens (tertiary/aromatic N) is 5. The van der Waals surface area contributed by atoms with E-state index in [4.69, 9.17) is 0 Å². The van der Waals surface area contributed by atoms with E-state index in [9.17, 15) is 13.2 Å². The van der Waals surface area contributed by atoms with Gasteiger partial charge < -0.3 is 20.1 Å². The van der Waals surface area contributed by atoms with Crippen LogP contribution >= 0.6 is 0 Å². The van der Waals surface area contributed by atoms with Crippen LogP contribution in [0, 0.1) is 0 Å². The first-order valence-electron chi connectivity index (χ1n) is 9.24. The van der Waals surface area contributed by atoms with Crippen LogP contribution in [0.5, 0.6) is 0 Å². The topological polar surface area (TPSA) is 73.0 Å². The SMILES string of the molecule is C=C(Nc1ncc2cc[nH]c2n1)N1c2nc(CC(F)(F)F)ccc2N2CCC1C2. The molecule has 3 aromatic rings. The summed E-state index contributed by atoms with van der Waals surface area (Å²) in [6.45, 7) is 5.70. The van der Waals surface area contributed by atoms with Crippen molar-refractivity contribution in [1.82, 2.24) is 19.9 Å². The Morgan fingerprint density at radius 2 is 2.14 bits per heavy atom. The molecule has 0 spiro atoms. The van der Waals surface area contributed by atoms with E-state index in [2.05, 4.69) is 36.7 Å². The molecule has 7 nitrogen and oxygen atoms in total. The maximum Gasteiger partial charge on any atom is 0.394 e. The fraction of sp³-hybridized carbons (Fsp3) is 0.316. The number of hydrogen-bond donors (Lipinski definition) is 2. The molecule has 2 N–H and O–H groups in total. The lowest BCUT2D eigenvalue weighted by molar-refractivity contribution is -0.127. The van der Waals surface area contributed by atoms with E-state index in [1.54, 1.807) is 18.5 Å². The number of fused-ring (bicyclic) bond motifs is 5. The standard InChI is InChI=1S/C19H18F3N7/c1-11(25-18-24-9-12-4-6-23-16(12)27-18)29-14-5-7-28(10-14)15-3-2-13(26-17(15)29)8-19(20,21)22/h2-4,6,9,14H,1,5,7-8,10H2,(H2,23,24,25,27). The molecule has 3 aromatic heterocycles. The van der Waals surface area contributed by atoms with Crippen LogP contribution < -0.4 is 15.1 Å². The van der Waals surface area contributed by atoms with Gasteiger partial charge in [-0.1, -0.05) is 6.58 Å². The molecule has 0 radical (unpaired) electrons. The summed E-state index contributed by atoms with van der Waals surface area (Å²) in [5, 5.41) is 3.98. The second-order valence-corrected chi connectivity index (χ2v) is 7.24. The average molecular weight is 401 g/mol. The van der Waals surface area contributed by atoms with Crippen molar-refractivity contribution < 1.29 is 13.2 Å². The molecule has 5 rings (SSSR count). The number of halogens is 3. The maximum absolute atomic E-state index is 12.9. The lowest BCUT2D eigenvalue weighted by atomic mass is 10.1. The van der Waals surface area contributed by atoms with Crippen molar-refractivity contribution >= 4 is 28.5 Å². The van der Waals surface area contributed by atoms with Crippen molar-refractivity contribution in [2.45, 2.75) is 25.1 Å². The molecule has 2 bridgehead atoms. The molecule has 0 amide bonds. The van der Waals surface area contributed by atoms with Crippen LogP contribution in [0.2, 0.25) is 0 Å². The van der Waals surface area contributed by atoms with Crippen LogP contribution in [-0.2, 0) is 6.42 Å². The molecular weight excluding hydrogens is 383 g/mol. The molecule has 2 aliphatic rings. The molecule has 10 heteroatoms. The molecule has 2 aliphatic heterocycles. The highest BCUT2D eigenvalue weighted by Gasteiger charge is 2.39. The Kier molecular flexibility index (Phi) is 3.90. The maximum atomic E-state index is 12.9. The zero-order valence-corrected chi connectivity index (χ0v) is 15.4. The van der Waals surface area contributed by atoms with Gasteiger partial charge in [0.25, 0.3) is 0 Å². The smallest absolute Gasteiger partial charge is 0.366 e. The molecule has 5 heterocycles. The largest absolute Gasteiger partial charge is 0.394 e. The molecule has 0 saturated carbocycles. The van der Waals surface area contributed by atoms with E-state index >= 15 is 0 Å². The first-order valence-corrected chi connectivity index (χ1v) is 9.24. The van der Waals surface area contributed by atoms with Gasteiger partial charge >= 0.3 is 6.18 Å². The summed E-state index contributed by atoms with van der Waals surface area (Å²) in [6.07, 6.45) is -1.05. The molecule has 1 unspecified atom stereocenters. The van der Waals surface area contributed by atoms with Gasteiger partial charge in [-0.15, -0.1) is 0 Å². The Hall–Kier alpha value is -3.30. The highest BCUT2D eigenvalue weighted by atomic mass is 19.4. The zero-order valence-electron chi connectivity index (χ0n) is 15.4. The number of H-pyrrole nitrogens is 1. The highest BCUT2D eigenvalue weighted by Crippen LogP contribution is 2.41. The van der Waals surface area contributed by atoms with Crippen molar-refractivity contribution in [3.8, 4) is 0 Å². The molecular formula is C19H18F3N7. The van der Waals surface area contributed by atoms with Crippen LogP contribution in [0.4, 0.5) is 30.6 Å². The van der Waals surface area contributed by atoms with Crippen molar-refractivity contribution in [2.75, 3.05) is 28.2 Å². The van der Waals surface area contributed by atoms with Gasteiger partial charge in [-0.25, -0.2) is 9.97 Å². The van der Waals surface area contributed by atoms with Gasteiger partial charge in [0.1, 0.15) is 11.5 Å². The van der Waals surface area contributed by atoms with E-state index in [-0.39, 0.29) is 11.7 Å². The van der Waals surface area contributed by atoms with Gasteiger partial charge in [0.05, 0.1) is 23.8 Å². The third-order valence-electron chi connectivity index (χ3n) is 5.24. The Balaban J connectivity index is 1.47. The third-order valence-corrected chi connectivity index (χ3v) is 5.24. The minimum Gasteiger partial charge on any atom is -0.366 e. The Labute approximate surface area is 164 Å². The summed E-state index contributed by atoms with van der Waals surface area (Å²) >= 11 is 0. The number of aromatic nitrogens is 4.